The highest BCUT2D eigenvalue weighted by Gasteiger charge is 1.99. The molecule has 0 rings (SSSR count). The second-order valence-electron chi connectivity index (χ2n) is 6.08. The average molecular weight is 286 g/mol. The fourth-order valence-electron chi connectivity index (χ4n) is 0.588. The quantitative estimate of drug-likeness (QED) is 0.515. The Morgan fingerprint density at radius 3 is 1.00 bits per heavy atom. The molecule has 0 radical (unpaired) electrons. The van der Waals surface area contributed by atoms with Gasteiger partial charge in [-0.1, -0.05) is 38.0 Å². The molecule has 0 fully saturated rings. The van der Waals surface area contributed by atoms with Crippen LogP contribution in [0.1, 0.15) is 69.2 Å². The third-order valence-electron chi connectivity index (χ3n) is 2.49. The summed E-state index contributed by atoms with van der Waals surface area (Å²) in [6.45, 7) is 20.2. The van der Waals surface area contributed by atoms with Crippen molar-refractivity contribution in [2.45, 2.75) is 81.4 Å². The smallest absolute Gasteiger partial charge is 0.122 e. The molecule has 0 heterocycles. The minimum atomic E-state index is 0.189. The largest absolute Gasteiger partial charge is 0.393 e. The van der Waals surface area contributed by atoms with Gasteiger partial charge in [-0.25, -0.2) is 0 Å². The molecular formula is C16H34N2O2. The minimum absolute atomic E-state index is 0.189. The van der Waals surface area contributed by atoms with Crippen LogP contribution >= 0.6 is 0 Å². The Hall–Kier alpha value is -1.06. The van der Waals surface area contributed by atoms with Crippen LogP contribution in [0.2, 0.25) is 0 Å². The van der Waals surface area contributed by atoms with E-state index in [1.807, 2.05) is 41.5 Å². The monoisotopic (exact) mass is 286 g/mol. The van der Waals surface area contributed by atoms with Crippen molar-refractivity contribution >= 4 is 11.4 Å². The van der Waals surface area contributed by atoms with Crippen LogP contribution in [0.3, 0.4) is 0 Å². The van der Waals surface area contributed by atoms with E-state index in [1.165, 1.54) is 0 Å². The lowest BCUT2D eigenvalue weighted by Crippen LogP contribution is -2.05. The highest BCUT2D eigenvalue weighted by atomic mass is 16.6. The fraction of sp³-hybridized carbons (Fsp3) is 0.875. The van der Waals surface area contributed by atoms with Crippen LogP contribution in [0.5, 0.6) is 0 Å². The Kier molecular flexibility index (Phi) is 12.5. The molecule has 0 aliphatic heterocycles. The number of nitrogens with zero attached hydrogens (tertiary/aromatic N) is 2. The van der Waals surface area contributed by atoms with Crippen LogP contribution in [-0.4, -0.2) is 23.6 Å². The Morgan fingerprint density at radius 2 is 0.850 bits per heavy atom. The van der Waals surface area contributed by atoms with Gasteiger partial charge in [-0.15, -0.1) is 0 Å². The summed E-state index contributed by atoms with van der Waals surface area (Å²) in [5, 5.41) is 7.88. The van der Waals surface area contributed by atoms with Crippen molar-refractivity contribution < 1.29 is 9.68 Å². The summed E-state index contributed by atoms with van der Waals surface area (Å²) in [6.07, 6.45) is 0.377. The van der Waals surface area contributed by atoms with E-state index in [1.54, 1.807) is 0 Å². The van der Waals surface area contributed by atoms with Crippen molar-refractivity contribution in [1.82, 2.24) is 0 Å². The molecule has 0 atom stereocenters. The van der Waals surface area contributed by atoms with Gasteiger partial charge >= 0.3 is 0 Å². The van der Waals surface area contributed by atoms with Gasteiger partial charge in [0.2, 0.25) is 0 Å². The topological polar surface area (TPSA) is 43.2 Å². The minimum Gasteiger partial charge on any atom is -0.393 e. The van der Waals surface area contributed by atoms with Crippen molar-refractivity contribution in [2.75, 3.05) is 0 Å². The van der Waals surface area contributed by atoms with Crippen molar-refractivity contribution in [2.24, 2.45) is 22.1 Å². The zero-order valence-electron chi connectivity index (χ0n) is 15.0. The van der Waals surface area contributed by atoms with E-state index in [9.17, 15) is 0 Å². The SMILES string of the molecule is C/C(=N\OC(C)C)C(C)C.C/C(=N\OC(C)C)C(C)C. The van der Waals surface area contributed by atoms with Crippen molar-refractivity contribution in [3.05, 3.63) is 0 Å². The predicted molar refractivity (Wildman–Crippen MR) is 88.3 cm³/mol. The maximum absolute atomic E-state index is 5.05. The van der Waals surface area contributed by atoms with Crippen LogP contribution in [0.25, 0.3) is 0 Å². The molecule has 0 saturated carbocycles. The van der Waals surface area contributed by atoms with E-state index in [4.69, 9.17) is 9.68 Å². The molecule has 0 aliphatic carbocycles. The second kappa shape index (κ2) is 11.7. The number of oxime groups is 2. The summed E-state index contributed by atoms with van der Waals surface area (Å²) in [7, 11) is 0. The standard InChI is InChI=1S/2C8H17NO/c2*1-6(2)8(5)9-10-7(3)4/h2*6-7H,1-5H3/b2*9-8+. The summed E-state index contributed by atoms with van der Waals surface area (Å²) in [5.74, 6) is 0.970. The lowest BCUT2D eigenvalue weighted by atomic mass is 10.1. The van der Waals surface area contributed by atoms with Gasteiger partial charge in [0.15, 0.2) is 0 Å². The molecule has 0 unspecified atom stereocenters. The van der Waals surface area contributed by atoms with Gasteiger partial charge in [-0.3, -0.25) is 0 Å². The molecule has 0 aromatic carbocycles. The summed E-state index contributed by atoms with van der Waals surface area (Å²) < 4.78 is 0. The highest BCUT2D eigenvalue weighted by Crippen LogP contribution is 1.99. The first-order valence-electron chi connectivity index (χ1n) is 7.48. The highest BCUT2D eigenvalue weighted by molar-refractivity contribution is 5.83. The normalized spacial score (nSPS) is 12.9. The molecular weight excluding hydrogens is 252 g/mol. The molecule has 0 aromatic rings. The predicted octanol–water partition coefficient (Wildman–Crippen LogP) is 4.89. The molecule has 0 saturated heterocycles. The molecule has 4 heteroatoms. The zero-order chi connectivity index (χ0) is 16.3. The Morgan fingerprint density at radius 1 is 0.600 bits per heavy atom. The number of hydrogen-bond acceptors (Lipinski definition) is 4. The summed E-state index contributed by atoms with van der Waals surface area (Å²) in [6, 6.07) is 0. The zero-order valence-corrected chi connectivity index (χ0v) is 15.0. The molecule has 4 nitrogen and oxygen atoms in total. The maximum Gasteiger partial charge on any atom is 0.122 e. The van der Waals surface area contributed by atoms with Crippen LogP contribution in [0, 0.1) is 11.8 Å². The molecule has 0 aliphatic rings. The second-order valence-corrected chi connectivity index (χ2v) is 6.08. The number of hydrogen-bond donors (Lipinski definition) is 0. The van der Waals surface area contributed by atoms with E-state index in [-0.39, 0.29) is 12.2 Å². The Bertz CT molecular complexity index is 263. The van der Waals surface area contributed by atoms with Gasteiger partial charge in [0.05, 0.1) is 11.4 Å². The average Bonchev–Trinajstić information content (AvgIpc) is 2.33. The maximum atomic E-state index is 5.05. The molecule has 20 heavy (non-hydrogen) atoms. The Labute approximate surface area is 125 Å². The third kappa shape index (κ3) is 15.0. The van der Waals surface area contributed by atoms with Crippen molar-refractivity contribution in [1.29, 1.82) is 0 Å². The van der Waals surface area contributed by atoms with Gasteiger partial charge in [-0.05, 0) is 53.4 Å². The van der Waals surface area contributed by atoms with Crippen LogP contribution < -0.4 is 0 Å². The van der Waals surface area contributed by atoms with Gasteiger partial charge < -0.3 is 9.68 Å². The van der Waals surface area contributed by atoms with Gasteiger partial charge in [0, 0.05) is 0 Å². The third-order valence-corrected chi connectivity index (χ3v) is 2.49. The fourth-order valence-corrected chi connectivity index (χ4v) is 0.588. The molecule has 0 aromatic heterocycles. The lowest BCUT2D eigenvalue weighted by molar-refractivity contribution is 0.0846. The van der Waals surface area contributed by atoms with Crippen molar-refractivity contribution in [3.8, 4) is 0 Å². The molecule has 120 valence electrons. The van der Waals surface area contributed by atoms with E-state index in [2.05, 4.69) is 38.0 Å². The summed E-state index contributed by atoms with van der Waals surface area (Å²) >= 11 is 0. The molecule has 0 N–H and O–H groups in total. The van der Waals surface area contributed by atoms with Crippen LogP contribution in [-0.2, 0) is 9.68 Å². The van der Waals surface area contributed by atoms with E-state index in [0.29, 0.717) is 11.8 Å². The van der Waals surface area contributed by atoms with Gasteiger partial charge in [0.25, 0.3) is 0 Å². The summed E-state index contributed by atoms with van der Waals surface area (Å²) in [5.41, 5.74) is 2.10. The molecule has 0 bridgehead atoms. The first-order chi connectivity index (χ1) is 9.07. The number of rotatable bonds is 6. The molecule has 0 spiro atoms. The first kappa shape index (κ1) is 21.2. The van der Waals surface area contributed by atoms with Crippen LogP contribution in [0.15, 0.2) is 10.3 Å². The van der Waals surface area contributed by atoms with E-state index >= 15 is 0 Å². The van der Waals surface area contributed by atoms with E-state index in [0.717, 1.165) is 11.4 Å². The van der Waals surface area contributed by atoms with E-state index < -0.39 is 0 Å². The van der Waals surface area contributed by atoms with Crippen molar-refractivity contribution in [3.63, 3.8) is 0 Å². The van der Waals surface area contributed by atoms with Gasteiger partial charge in [0.1, 0.15) is 12.2 Å². The summed E-state index contributed by atoms with van der Waals surface area (Å²) in [4.78, 5) is 10.1. The van der Waals surface area contributed by atoms with Crippen LogP contribution in [0.4, 0.5) is 0 Å². The first-order valence-corrected chi connectivity index (χ1v) is 7.48. The Balaban J connectivity index is 0. The molecule has 0 amide bonds. The lowest BCUT2D eigenvalue weighted by Gasteiger charge is -2.06. The van der Waals surface area contributed by atoms with Gasteiger partial charge in [-0.2, -0.15) is 0 Å².